The third-order valence-electron chi connectivity index (χ3n) is 7.81. The first-order chi connectivity index (χ1) is 20.0. The summed E-state index contributed by atoms with van der Waals surface area (Å²) in [6.07, 6.45) is -4.72. The Kier molecular flexibility index (Phi) is 7.41. The minimum atomic E-state index is -4.98. The summed E-state index contributed by atoms with van der Waals surface area (Å²) in [5.41, 5.74) is -2.53. The molecular formula is C28H26F5N3O6. The van der Waals surface area contributed by atoms with Crippen LogP contribution in [0.3, 0.4) is 0 Å². The Morgan fingerprint density at radius 1 is 1.12 bits per heavy atom. The van der Waals surface area contributed by atoms with Crippen LogP contribution in [0.15, 0.2) is 30.3 Å². The number of benzene rings is 1. The van der Waals surface area contributed by atoms with E-state index in [-0.39, 0.29) is 73.8 Å². The molecule has 2 saturated heterocycles. The molecule has 4 atom stereocenters. The maximum absolute atomic E-state index is 15.4. The van der Waals surface area contributed by atoms with Crippen LogP contribution < -0.4 is 4.74 Å². The van der Waals surface area contributed by atoms with Gasteiger partial charge in [-0.2, -0.15) is 13.2 Å². The molecule has 224 valence electrons. The van der Waals surface area contributed by atoms with Crippen LogP contribution in [-0.2, 0) is 20.4 Å². The summed E-state index contributed by atoms with van der Waals surface area (Å²) in [5.74, 6) is -3.05. The van der Waals surface area contributed by atoms with E-state index in [1.807, 2.05) is 0 Å². The van der Waals surface area contributed by atoms with Crippen molar-refractivity contribution in [1.29, 1.82) is 0 Å². The Hall–Kier alpha value is -3.59. The highest BCUT2D eigenvalue weighted by atomic mass is 19.4. The third-order valence-corrected chi connectivity index (χ3v) is 7.81. The van der Waals surface area contributed by atoms with Gasteiger partial charge in [0.1, 0.15) is 30.4 Å². The number of pyridine rings is 1. The number of aliphatic hydroxyl groups is 2. The second kappa shape index (κ2) is 10.9. The highest BCUT2D eigenvalue weighted by Crippen LogP contribution is 2.41. The fraction of sp³-hybridized carbons (Fsp3) is 0.429. The Bertz CT molecular complexity index is 1530. The topological polar surface area (TPSA) is 117 Å². The van der Waals surface area contributed by atoms with Crippen LogP contribution in [0.25, 0.3) is 27.9 Å². The first-order valence-electron chi connectivity index (χ1n) is 13.3. The summed E-state index contributed by atoms with van der Waals surface area (Å²) in [6.45, 7) is 0.183. The average molecular weight is 596 g/mol. The smallest absolute Gasteiger partial charge is 0.418 e. The Labute approximate surface area is 235 Å². The predicted octanol–water partition coefficient (Wildman–Crippen LogP) is 3.29. The average Bonchev–Trinajstić information content (AvgIpc) is 3.66. The van der Waals surface area contributed by atoms with Crippen molar-refractivity contribution in [2.75, 3.05) is 39.5 Å². The number of nitrogens with one attached hydrogen (secondary N) is 1. The number of fused-ring (bicyclic) bond motifs is 2. The van der Waals surface area contributed by atoms with Gasteiger partial charge in [0.2, 0.25) is 5.91 Å². The predicted molar refractivity (Wildman–Crippen MR) is 137 cm³/mol. The van der Waals surface area contributed by atoms with Gasteiger partial charge in [-0.15, -0.1) is 0 Å². The zero-order valence-corrected chi connectivity index (χ0v) is 22.0. The van der Waals surface area contributed by atoms with E-state index in [0.717, 1.165) is 18.2 Å². The zero-order valence-electron chi connectivity index (χ0n) is 22.0. The van der Waals surface area contributed by atoms with Gasteiger partial charge in [0, 0.05) is 25.1 Å². The fourth-order valence-electron chi connectivity index (χ4n) is 5.66. The molecule has 3 aliphatic rings. The Morgan fingerprint density at radius 3 is 2.52 bits per heavy atom. The third kappa shape index (κ3) is 5.23. The molecule has 0 saturated carbocycles. The van der Waals surface area contributed by atoms with Gasteiger partial charge in [0.15, 0.2) is 5.88 Å². The SMILES string of the molecule is O=C(CO)N1CC=C(c2cc(F)c(-c3nc4cc(OC[C@@H]5COC6[C@H](O)CO[C@@H]65)[nH]c4cc3C(F)(F)F)c(F)c2)CC1. The minimum absolute atomic E-state index is 0.00703. The van der Waals surface area contributed by atoms with Crippen molar-refractivity contribution in [3.63, 3.8) is 0 Å². The Balaban J connectivity index is 1.29. The van der Waals surface area contributed by atoms with Crippen LogP contribution in [0.2, 0.25) is 0 Å². The summed E-state index contributed by atoms with van der Waals surface area (Å²) < 4.78 is 89.9. The van der Waals surface area contributed by atoms with Crippen molar-refractivity contribution >= 4 is 22.5 Å². The van der Waals surface area contributed by atoms with Crippen molar-refractivity contribution < 1.29 is 51.2 Å². The van der Waals surface area contributed by atoms with Crippen molar-refractivity contribution in [2.45, 2.75) is 30.9 Å². The van der Waals surface area contributed by atoms with Gasteiger partial charge >= 0.3 is 6.18 Å². The van der Waals surface area contributed by atoms with Gasteiger partial charge < -0.3 is 34.3 Å². The van der Waals surface area contributed by atoms with Gasteiger partial charge in [-0.25, -0.2) is 13.8 Å². The van der Waals surface area contributed by atoms with Crippen LogP contribution in [0, 0.1) is 17.6 Å². The standard InChI is InChI=1S/C28H26F5N3O6/c29-17-5-14(13-1-3-36(4-2-13)23(39)9-37)6-18(30)24(17)25-16(28(31,32)33)7-19-20(35-25)8-22(34-19)40-10-15-11-41-27-21(38)12-42-26(15)27/h1,5-8,15,21,26-27,34,37-38H,2-4,9-12H2/t15-,21-,26-,27?/m1/s1. The molecule has 9 nitrogen and oxygen atoms in total. The van der Waals surface area contributed by atoms with E-state index < -0.39 is 59.4 Å². The molecule has 14 heteroatoms. The lowest BCUT2D eigenvalue weighted by molar-refractivity contribution is -0.137. The molecule has 0 spiro atoms. The highest BCUT2D eigenvalue weighted by molar-refractivity contribution is 5.84. The summed E-state index contributed by atoms with van der Waals surface area (Å²) >= 11 is 0. The van der Waals surface area contributed by atoms with Gasteiger partial charge in [-0.05, 0) is 35.8 Å². The van der Waals surface area contributed by atoms with Crippen LogP contribution in [0.5, 0.6) is 5.88 Å². The molecule has 0 aliphatic carbocycles. The van der Waals surface area contributed by atoms with E-state index in [9.17, 15) is 23.1 Å². The number of H-pyrrole nitrogens is 1. The molecule has 3 aliphatic heterocycles. The van der Waals surface area contributed by atoms with Crippen LogP contribution >= 0.6 is 0 Å². The van der Waals surface area contributed by atoms with Crippen LogP contribution in [-0.4, -0.2) is 88.8 Å². The lowest BCUT2D eigenvalue weighted by atomic mass is 9.95. The quantitative estimate of drug-likeness (QED) is 0.375. The summed E-state index contributed by atoms with van der Waals surface area (Å²) in [4.78, 5) is 19.8. The van der Waals surface area contributed by atoms with Gasteiger partial charge in [-0.1, -0.05) is 6.08 Å². The van der Waals surface area contributed by atoms with Crippen molar-refractivity contribution in [3.05, 3.63) is 53.1 Å². The van der Waals surface area contributed by atoms with E-state index in [1.54, 1.807) is 6.08 Å². The second-order valence-corrected chi connectivity index (χ2v) is 10.5. The molecule has 0 bridgehead atoms. The van der Waals surface area contributed by atoms with Crippen molar-refractivity contribution in [3.8, 4) is 17.1 Å². The largest absolute Gasteiger partial charge is 0.478 e. The summed E-state index contributed by atoms with van der Waals surface area (Å²) in [6, 6.07) is 3.97. The summed E-state index contributed by atoms with van der Waals surface area (Å²) in [7, 11) is 0. The van der Waals surface area contributed by atoms with Crippen LogP contribution in [0.1, 0.15) is 17.5 Å². The molecule has 1 aromatic carbocycles. The number of carbonyl (C=O) groups excluding carboxylic acids is 1. The minimum Gasteiger partial charge on any atom is -0.478 e. The fourth-order valence-corrected chi connectivity index (χ4v) is 5.66. The molecule has 1 unspecified atom stereocenters. The number of nitrogens with zero attached hydrogens (tertiary/aromatic N) is 2. The van der Waals surface area contributed by atoms with E-state index in [0.29, 0.717) is 5.57 Å². The number of halogens is 5. The monoisotopic (exact) mass is 595 g/mol. The first-order valence-corrected chi connectivity index (χ1v) is 13.3. The number of rotatable bonds is 6. The number of carbonyl (C=O) groups is 1. The molecule has 42 heavy (non-hydrogen) atoms. The molecule has 2 fully saturated rings. The lowest BCUT2D eigenvalue weighted by Gasteiger charge is -2.26. The number of hydrogen-bond acceptors (Lipinski definition) is 7. The molecule has 6 rings (SSSR count). The number of amides is 1. The van der Waals surface area contributed by atoms with Crippen molar-refractivity contribution in [2.24, 2.45) is 5.92 Å². The van der Waals surface area contributed by atoms with E-state index in [2.05, 4.69) is 9.97 Å². The van der Waals surface area contributed by atoms with E-state index >= 15 is 8.78 Å². The molecule has 2 aromatic heterocycles. The number of aromatic amines is 1. The second-order valence-electron chi connectivity index (χ2n) is 10.5. The van der Waals surface area contributed by atoms with Crippen molar-refractivity contribution in [1.82, 2.24) is 14.9 Å². The summed E-state index contributed by atoms with van der Waals surface area (Å²) in [5, 5.41) is 18.9. The molecule has 3 aromatic rings. The Morgan fingerprint density at radius 2 is 1.86 bits per heavy atom. The highest BCUT2D eigenvalue weighted by Gasteiger charge is 2.47. The molecule has 5 heterocycles. The van der Waals surface area contributed by atoms with Gasteiger partial charge in [-0.3, -0.25) is 4.79 Å². The molecule has 3 N–H and O–H groups in total. The number of ether oxygens (including phenoxy) is 3. The van der Waals surface area contributed by atoms with Crippen LogP contribution in [0.4, 0.5) is 22.0 Å². The number of hydrogen-bond donors (Lipinski definition) is 3. The van der Waals surface area contributed by atoms with E-state index in [4.69, 9.17) is 19.3 Å². The van der Waals surface area contributed by atoms with E-state index in [1.165, 1.54) is 11.0 Å². The number of alkyl halides is 3. The molecule has 1 amide bonds. The molecular weight excluding hydrogens is 569 g/mol. The molecule has 0 radical (unpaired) electrons. The number of aromatic nitrogens is 2. The normalized spacial score (nSPS) is 24.3. The maximum atomic E-state index is 15.4. The number of aliphatic hydroxyl groups excluding tert-OH is 2. The lowest BCUT2D eigenvalue weighted by Crippen LogP contribution is -2.36. The van der Waals surface area contributed by atoms with Gasteiger partial charge in [0.25, 0.3) is 0 Å². The zero-order chi connectivity index (χ0) is 29.8. The van der Waals surface area contributed by atoms with Gasteiger partial charge in [0.05, 0.1) is 53.8 Å². The first kappa shape index (κ1) is 28.5. The maximum Gasteiger partial charge on any atom is 0.418 e.